The molecule has 4 rings (SSSR count). The number of morpholine rings is 2. The van der Waals surface area contributed by atoms with Crippen LogP contribution < -0.4 is 4.90 Å². The second-order valence-corrected chi connectivity index (χ2v) is 8.10. The summed E-state index contributed by atoms with van der Waals surface area (Å²) in [6.45, 7) is 5.60. The highest BCUT2D eigenvalue weighted by molar-refractivity contribution is 6.04. The van der Waals surface area contributed by atoms with E-state index >= 15 is 0 Å². The van der Waals surface area contributed by atoms with Crippen molar-refractivity contribution in [1.29, 1.82) is 0 Å². The first kappa shape index (κ1) is 23.5. The van der Waals surface area contributed by atoms with Gasteiger partial charge in [-0.05, 0) is 34.9 Å². The fourth-order valence-electron chi connectivity index (χ4n) is 4.43. The van der Waals surface area contributed by atoms with Crippen LogP contribution in [0.25, 0.3) is 6.08 Å². The largest absolute Gasteiger partial charge is 0.496 e. The van der Waals surface area contributed by atoms with Crippen molar-refractivity contribution in [1.82, 2.24) is 0 Å². The van der Waals surface area contributed by atoms with Crippen molar-refractivity contribution in [3.8, 4) is 0 Å². The molecule has 8 heteroatoms. The number of rotatable bonds is 6. The fraction of sp³-hybridized carbons (Fsp3) is 0.480. The number of hydrogen-bond donors (Lipinski definition) is 2. The molecule has 2 saturated heterocycles. The molecule has 0 saturated carbocycles. The molecule has 3 aliphatic rings. The Bertz CT molecular complexity index is 930. The molecule has 0 amide bonds. The van der Waals surface area contributed by atoms with Gasteiger partial charge in [-0.15, -0.1) is 0 Å². The van der Waals surface area contributed by atoms with Gasteiger partial charge in [0.15, 0.2) is 13.1 Å². The average molecular weight is 458 g/mol. The van der Waals surface area contributed by atoms with E-state index in [1.165, 1.54) is 0 Å². The predicted molar refractivity (Wildman–Crippen MR) is 125 cm³/mol. The molecule has 0 spiro atoms. The molecule has 2 aliphatic heterocycles. The lowest BCUT2D eigenvalue weighted by molar-refractivity contribution is -0.548. The molecular formula is C25H33N2O6+. The standard InChI is InChI=1S/C25H33N2O6/c1-30-24-13-21(27-5-9-33-10-6-27)14-25(31-2)23(24)15-22-18(16-28)11-20(12-19(22)17-29)26-3-7-32-8-4-26/h11-15,28-29H,3-10,16-17H2,1-2H3/q+1. The molecule has 2 fully saturated rings. The summed E-state index contributed by atoms with van der Waals surface area (Å²) in [6, 6.07) is 3.97. The lowest BCUT2D eigenvalue weighted by atomic mass is 9.94. The molecule has 33 heavy (non-hydrogen) atoms. The SMILES string of the molecule is COC1=CC(=[N+]2CCOCC2)C=C(OC)C1=Cc1c(CO)cc(N2CCOCC2)cc1CO. The van der Waals surface area contributed by atoms with Gasteiger partial charge in [-0.1, -0.05) is 0 Å². The van der Waals surface area contributed by atoms with Crippen LogP contribution in [-0.2, 0) is 32.2 Å². The van der Waals surface area contributed by atoms with E-state index in [1.807, 2.05) is 30.4 Å². The molecular weight excluding hydrogens is 424 g/mol. The topological polar surface area (TPSA) is 83.6 Å². The third kappa shape index (κ3) is 5.14. The summed E-state index contributed by atoms with van der Waals surface area (Å²) in [5.74, 6) is 1.33. The minimum Gasteiger partial charge on any atom is -0.496 e. The number of ether oxygens (including phenoxy) is 4. The molecule has 0 unspecified atom stereocenters. The summed E-state index contributed by atoms with van der Waals surface area (Å²) in [4.78, 5) is 2.21. The van der Waals surface area contributed by atoms with E-state index in [9.17, 15) is 10.2 Å². The number of hydrogen-bond acceptors (Lipinski definition) is 7. The molecule has 0 aromatic heterocycles. The van der Waals surface area contributed by atoms with Crippen molar-refractivity contribution in [2.75, 3.05) is 71.7 Å². The van der Waals surface area contributed by atoms with Gasteiger partial charge in [-0.3, -0.25) is 0 Å². The molecule has 2 N–H and O–H groups in total. The Hall–Kier alpha value is -2.65. The van der Waals surface area contributed by atoms with Crippen molar-refractivity contribution in [2.24, 2.45) is 0 Å². The zero-order valence-corrected chi connectivity index (χ0v) is 19.4. The van der Waals surface area contributed by atoms with Gasteiger partial charge >= 0.3 is 0 Å². The molecule has 0 radical (unpaired) electrons. The second-order valence-electron chi connectivity index (χ2n) is 8.10. The Morgan fingerprint density at radius 1 is 0.909 bits per heavy atom. The quantitative estimate of drug-likeness (QED) is 0.626. The number of anilines is 1. The fourth-order valence-corrected chi connectivity index (χ4v) is 4.43. The van der Waals surface area contributed by atoms with Crippen LogP contribution in [0.5, 0.6) is 0 Å². The maximum atomic E-state index is 10.2. The summed E-state index contributed by atoms with van der Waals surface area (Å²) in [5.41, 5.74) is 5.00. The van der Waals surface area contributed by atoms with Gasteiger partial charge in [0.05, 0.1) is 58.4 Å². The van der Waals surface area contributed by atoms with Gasteiger partial charge in [-0.2, -0.15) is 0 Å². The summed E-state index contributed by atoms with van der Waals surface area (Å²) in [7, 11) is 3.27. The number of benzene rings is 1. The minimum absolute atomic E-state index is 0.145. The molecule has 1 aromatic rings. The van der Waals surface area contributed by atoms with Crippen molar-refractivity contribution >= 4 is 17.5 Å². The first-order valence-corrected chi connectivity index (χ1v) is 11.3. The zero-order valence-electron chi connectivity index (χ0n) is 19.4. The predicted octanol–water partition coefficient (Wildman–Crippen LogP) is 1.45. The van der Waals surface area contributed by atoms with Gasteiger partial charge in [-0.25, -0.2) is 4.58 Å². The molecule has 0 atom stereocenters. The van der Waals surface area contributed by atoms with Crippen molar-refractivity contribution in [2.45, 2.75) is 13.2 Å². The second kappa shape index (κ2) is 11.0. The lowest BCUT2D eigenvalue weighted by Crippen LogP contribution is -2.36. The van der Waals surface area contributed by atoms with E-state index < -0.39 is 0 Å². The van der Waals surface area contributed by atoms with Gasteiger partial charge in [0.1, 0.15) is 24.7 Å². The number of aliphatic hydroxyl groups excluding tert-OH is 2. The Labute approximate surface area is 194 Å². The smallest absolute Gasteiger partial charge is 0.207 e. The van der Waals surface area contributed by atoms with Crippen LogP contribution in [0, 0.1) is 0 Å². The Morgan fingerprint density at radius 2 is 1.45 bits per heavy atom. The van der Waals surface area contributed by atoms with E-state index in [0.29, 0.717) is 37.9 Å². The maximum absolute atomic E-state index is 10.2. The van der Waals surface area contributed by atoms with Gasteiger partial charge in [0.2, 0.25) is 5.71 Å². The van der Waals surface area contributed by atoms with Crippen molar-refractivity contribution in [3.05, 3.63) is 58.1 Å². The molecule has 1 aliphatic carbocycles. The first-order chi connectivity index (χ1) is 16.2. The van der Waals surface area contributed by atoms with Crippen LogP contribution in [0.4, 0.5) is 5.69 Å². The number of aliphatic hydroxyl groups is 2. The van der Waals surface area contributed by atoms with Crippen molar-refractivity contribution < 1.29 is 33.7 Å². The third-order valence-corrected chi connectivity index (χ3v) is 6.25. The summed E-state index contributed by atoms with van der Waals surface area (Å²) in [6.07, 6.45) is 5.93. The summed E-state index contributed by atoms with van der Waals surface area (Å²) < 4.78 is 24.7. The Morgan fingerprint density at radius 3 is 1.97 bits per heavy atom. The van der Waals surface area contributed by atoms with Crippen molar-refractivity contribution in [3.63, 3.8) is 0 Å². The van der Waals surface area contributed by atoms with Crippen LogP contribution >= 0.6 is 0 Å². The summed E-state index contributed by atoms with van der Waals surface area (Å²) in [5, 5.41) is 20.4. The zero-order chi connectivity index (χ0) is 23.2. The summed E-state index contributed by atoms with van der Waals surface area (Å²) >= 11 is 0. The van der Waals surface area contributed by atoms with Gasteiger partial charge in [0, 0.05) is 18.8 Å². The molecule has 2 heterocycles. The van der Waals surface area contributed by atoms with Gasteiger partial charge < -0.3 is 34.1 Å². The normalized spacial score (nSPS) is 19.3. The molecule has 1 aromatic carbocycles. The monoisotopic (exact) mass is 457 g/mol. The Kier molecular flexibility index (Phi) is 7.82. The average Bonchev–Trinajstić information content (AvgIpc) is 2.89. The number of methoxy groups -OCH3 is 2. The third-order valence-electron chi connectivity index (χ3n) is 6.25. The van der Waals surface area contributed by atoms with E-state index in [0.717, 1.165) is 59.8 Å². The lowest BCUT2D eigenvalue weighted by Gasteiger charge is -2.30. The van der Waals surface area contributed by atoms with E-state index in [1.54, 1.807) is 14.2 Å². The van der Waals surface area contributed by atoms with Crippen LogP contribution in [0.1, 0.15) is 16.7 Å². The number of allylic oxidation sites excluding steroid dienone is 2. The highest BCUT2D eigenvalue weighted by Gasteiger charge is 2.26. The van der Waals surface area contributed by atoms with E-state index in [4.69, 9.17) is 18.9 Å². The van der Waals surface area contributed by atoms with Crippen LogP contribution in [-0.4, -0.2) is 87.3 Å². The van der Waals surface area contributed by atoms with E-state index in [-0.39, 0.29) is 13.2 Å². The minimum atomic E-state index is -0.145. The highest BCUT2D eigenvalue weighted by Crippen LogP contribution is 2.32. The number of nitrogens with zero attached hydrogens (tertiary/aromatic N) is 2. The van der Waals surface area contributed by atoms with Crippen LogP contribution in [0.15, 0.2) is 41.4 Å². The van der Waals surface area contributed by atoms with Gasteiger partial charge in [0.25, 0.3) is 0 Å². The van der Waals surface area contributed by atoms with E-state index in [2.05, 4.69) is 9.48 Å². The van der Waals surface area contributed by atoms with Crippen LogP contribution in [0.3, 0.4) is 0 Å². The molecule has 178 valence electrons. The molecule has 8 nitrogen and oxygen atoms in total. The first-order valence-electron chi connectivity index (χ1n) is 11.3. The highest BCUT2D eigenvalue weighted by atomic mass is 16.5. The van der Waals surface area contributed by atoms with Crippen LogP contribution in [0.2, 0.25) is 0 Å². The maximum Gasteiger partial charge on any atom is 0.207 e. The molecule has 0 bridgehead atoms. The Balaban J connectivity index is 1.77.